The van der Waals surface area contributed by atoms with Crippen molar-refractivity contribution in [3.05, 3.63) is 35.9 Å². The number of nitrogens with zero attached hydrogens (tertiary/aromatic N) is 1. The zero-order valence-electron chi connectivity index (χ0n) is 13.3. The first-order valence-electron chi connectivity index (χ1n) is 8.23. The van der Waals surface area contributed by atoms with Gasteiger partial charge in [-0.15, -0.1) is 0 Å². The van der Waals surface area contributed by atoms with Crippen LogP contribution in [0.25, 0.3) is 0 Å². The molecule has 0 spiro atoms. The van der Waals surface area contributed by atoms with Crippen molar-refractivity contribution < 1.29 is 4.79 Å². The standard InChI is InChI=1S/C18H28N2O/c1-15(2)20(14-16-9-5-3-6-10-16)18(21)13-19-17-11-7-4-8-12-17/h3,5-6,9-10,15,17,19H,4,7-8,11-14H2,1-2H3. The Hall–Kier alpha value is -1.35. The van der Waals surface area contributed by atoms with Gasteiger partial charge in [-0.25, -0.2) is 0 Å². The summed E-state index contributed by atoms with van der Waals surface area (Å²) in [7, 11) is 0. The summed E-state index contributed by atoms with van der Waals surface area (Å²) in [6.45, 7) is 5.34. The van der Waals surface area contributed by atoms with Crippen LogP contribution < -0.4 is 5.32 Å². The lowest BCUT2D eigenvalue weighted by Crippen LogP contribution is -2.44. The normalized spacial score (nSPS) is 16.1. The fourth-order valence-corrected chi connectivity index (χ4v) is 2.98. The molecule has 0 unspecified atom stereocenters. The number of carbonyl (C=O) groups is 1. The molecule has 1 fully saturated rings. The maximum absolute atomic E-state index is 12.5. The molecule has 1 aliphatic rings. The highest BCUT2D eigenvalue weighted by molar-refractivity contribution is 5.78. The van der Waals surface area contributed by atoms with Crippen LogP contribution in [0.3, 0.4) is 0 Å². The molecular weight excluding hydrogens is 260 g/mol. The molecule has 1 aliphatic carbocycles. The first-order chi connectivity index (χ1) is 10.2. The van der Waals surface area contributed by atoms with E-state index in [0.29, 0.717) is 19.1 Å². The van der Waals surface area contributed by atoms with Gasteiger partial charge in [0.1, 0.15) is 0 Å². The molecule has 0 radical (unpaired) electrons. The predicted molar refractivity (Wildman–Crippen MR) is 87.0 cm³/mol. The minimum atomic E-state index is 0.208. The van der Waals surface area contributed by atoms with Crippen molar-refractivity contribution in [2.24, 2.45) is 0 Å². The molecule has 0 aromatic heterocycles. The second-order valence-corrected chi connectivity index (χ2v) is 6.32. The number of benzene rings is 1. The van der Waals surface area contributed by atoms with Gasteiger partial charge in [0.05, 0.1) is 6.54 Å². The molecule has 0 bridgehead atoms. The predicted octanol–water partition coefficient (Wildman–Crippen LogP) is 3.35. The molecule has 0 heterocycles. The Morgan fingerprint density at radius 1 is 1.19 bits per heavy atom. The van der Waals surface area contributed by atoms with Crippen molar-refractivity contribution in [1.29, 1.82) is 0 Å². The van der Waals surface area contributed by atoms with Crippen LogP contribution >= 0.6 is 0 Å². The number of nitrogens with one attached hydrogen (secondary N) is 1. The Kier molecular flexibility index (Phi) is 6.24. The van der Waals surface area contributed by atoms with Crippen LogP contribution in [0.2, 0.25) is 0 Å². The summed E-state index contributed by atoms with van der Waals surface area (Å²) in [6.07, 6.45) is 6.37. The summed E-state index contributed by atoms with van der Waals surface area (Å²) in [6, 6.07) is 11.0. The molecule has 3 nitrogen and oxygen atoms in total. The Morgan fingerprint density at radius 2 is 1.86 bits per heavy atom. The van der Waals surface area contributed by atoms with Crippen LogP contribution in [0.1, 0.15) is 51.5 Å². The molecule has 2 rings (SSSR count). The second-order valence-electron chi connectivity index (χ2n) is 6.32. The number of carbonyl (C=O) groups excluding carboxylic acids is 1. The van der Waals surface area contributed by atoms with Gasteiger partial charge in [-0.3, -0.25) is 4.79 Å². The van der Waals surface area contributed by atoms with E-state index in [0.717, 1.165) is 0 Å². The van der Waals surface area contributed by atoms with Crippen LogP contribution in [0, 0.1) is 0 Å². The Balaban J connectivity index is 1.86. The van der Waals surface area contributed by atoms with Gasteiger partial charge in [-0.05, 0) is 32.3 Å². The lowest BCUT2D eigenvalue weighted by Gasteiger charge is -2.29. The van der Waals surface area contributed by atoms with Crippen LogP contribution in [0.15, 0.2) is 30.3 Å². The molecule has 3 heteroatoms. The number of rotatable bonds is 6. The molecule has 116 valence electrons. The van der Waals surface area contributed by atoms with E-state index in [1.807, 2.05) is 23.1 Å². The Labute approximate surface area is 128 Å². The summed E-state index contributed by atoms with van der Waals surface area (Å²) in [5.74, 6) is 0.208. The van der Waals surface area contributed by atoms with Crippen molar-refractivity contribution in [1.82, 2.24) is 10.2 Å². The largest absolute Gasteiger partial charge is 0.335 e. The SMILES string of the molecule is CC(C)N(Cc1ccccc1)C(=O)CNC1CCCCC1. The van der Waals surface area contributed by atoms with Crippen LogP contribution in [-0.4, -0.2) is 29.4 Å². The van der Waals surface area contributed by atoms with E-state index in [-0.39, 0.29) is 11.9 Å². The van der Waals surface area contributed by atoms with E-state index in [1.165, 1.54) is 37.7 Å². The molecule has 1 aromatic rings. The summed E-state index contributed by atoms with van der Waals surface area (Å²) >= 11 is 0. The van der Waals surface area contributed by atoms with Crippen molar-refractivity contribution >= 4 is 5.91 Å². The van der Waals surface area contributed by atoms with E-state index in [2.05, 4.69) is 31.3 Å². The Bertz CT molecular complexity index is 424. The summed E-state index contributed by atoms with van der Waals surface area (Å²) in [5.41, 5.74) is 1.19. The van der Waals surface area contributed by atoms with E-state index in [4.69, 9.17) is 0 Å². The first-order valence-corrected chi connectivity index (χ1v) is 8.23. The third-order valence-electron chi connectivity index (χ3n) is 4.29. The second kappa shape index (κ2) is 8.18. The maximum Gasteiger partial charge on any atom is 0.237 e. The molecule has 0 atom stereocenters. The van der Waals surface area contributed by atoms with Gasteiger partial charge in [0.15, 0.2) is 0 Å². The topological polar surface area (TPSA) is 32.3 Å². The highest BCUT2D eigenvalue weighted by Gasteiger charge is 2.19. The van der Waals surface area contributed by atoms with Crippen molar-refractivity contribution in [3.63, 3.8) is 0 Å². The van der Waals surface area contributed by atoms with Crippen LogP contribution in [-0.2, 0) is 11.3 Å². The average molecular weight is 288 g/mol. The molecule has 0 aliphatic heterocycles. The molecule has 0 saturated heterocycles. The van der Waals surface area contributed by atoms with Gasteiger partial charge in [-0.1, -0.05) is 49.6 Å². The summed E-state index contributed by atoms with van der Waals surface area (Å²) < 4.78 is 0. The van der Waals surface area contributed by atoms with Crippen molar-refractivity contribution in [3.8, 4) is 0 Å². The van der Waals surface area contributed by atoms with Gasteiger partial charge in [0.25, 0.3) is 0 Å². The molecular formula is C18H28N2O. The maximum atomic E-state index is 12.5. The quantitative estimate of drug-likeness (QED) is 0.870. The Morgan fingerprint density at radius 3 is 2.48 bits per heavy atom. The zero-order valence-corrected chi connectivity index (χ0v) is 13.3. The fourth-order valence-electron chi connectivity index (χ4n) is 2.98. The minimum Gasteiger partial charge on any atom is -0.335 e. The van der Waals surface area contributed by atoms with E-state index < -0.39 is 0 Å². The smallest absolute Gasteiger partial charge is 0.237 e. The lowest BCUT2D eigenvalue weighted by molar-refractivity contribution is -0.132. The third-order valence-corrected chi connectivity index (χ3v) is 4.29. The lowest BCUT2D eigenvalue weighted by atomic mass is 9.95. The van der Waals surface area contributed by atoms with Crippen molar-refractivity contribution in [2.45, 2.75) is 64.6 Å². The van der Waals surface area contributed by atoms with Gasteiger partial charge in [0.2, 0.25) is 5.91 Å². The molecule has 21 heavy (non-hydrogen) atoms. The van der Waals surface area contributed by atoms with Gasteiger partial charge in [-0.2, -0.15) is 0 Å². The van der Waals surface area contributed by atoms with E-state index in [9.17, 15) is 4.79 Å². The first kappa shape index (κ1) is 16.0. The summed E-state index contributed by atoms with van der Waals surface area (Å²) in [4.78, 5) is 14.5. The number of amides is 1. The molecule has 1 aromatic carbocycles. The van der Waals surface area contributed by atoms with E-state index in [1.54, 1.807) is 0 Å². The van der Waals surface area contributed by atoms with Gasteiger partial charge in [0, 0.05) is 18.6 Å². The van der Waals surface area contributed by atoms with Gasteiger partial charge >= 0.3 is 0 Å². The van der Waals surface area contributed by atoms with E-state index >= 15 is 0 Å². The van der Waals surface area contributed by atoms with Crippen LogP contribution in [0.4, 0.5) is 0 Å². The number of hydrogen-bond acceptors (Lipinski definition) is 2. The highest BCUT2D eigenvalue weighted by atomic mass is 16.2. The van der Waals surface area contributed by atoms with Gasteiger partial charge < -0.3 is 10.2 Å². The minimum absolute atomic E-state index is 0.208. The monoisotopic (exact) mass is 288 g/mol. The van der Waals surface area contributed by atoms with Crippen molar-refractivity contribution in [2.75, 3.05) is 6.54 Å². The molecule has 1 saturated carbocycles. The highest BCUT2D eigenvalue weighted by Crippen LogP contribution is 2.17. The summed E-state index contributed by atoms with van der Waals surface area (Å²) in [5, 5.41) is 3.45. The van der Waals surface area contributed by atoms with Crippen LogP contribution in [0.5, 0.6) is 0 Å². The molecule has 1 amide bonds. The zero-order chi connectivity index (χ0) is 15.1. The molecule has 1 N–H and O–H groups in total. The average Bonchev–Trinajstić information content (AvgIpc) is 2.52. The fraction of sp³-hybridized carbons (Fsp3) is 0.611. The number of hydrogen-bond donors (Lipinski definition) is 1. The third kappa shape index (κ3) is 5.16.